The van der Waals surface area contributed by atoms with Crippen LogP contribution in [0.4, 0.5) is 4.79 Å². The standard InChI is InChI=1S/C16H29NO5Si/c1-21-15(19)13-9-8-12(18)6-5-7-14(13)17-16(20)22-10-11-23(2,3)4/h5-6,12-14,18H,7-11H2,1-4H3,(H,17,20)/b6-5+/t12-,13-,14-/m0/s1. The van der Waals surface area contributed by atoms with Gasteiger partial charge < -0.3 is 19.9 Å². The predicted octanol–water partition coefficient (Wildman–Crippen LogP) is 2.31. The van der Waals surface area contributed by atoms with Gasteiger partial charge >= 0.3 is 12.1 Å². The average Bonchev–Trinajstić information content (AvgIpc) is 2.43. The number of rotatable bonds is 5. The number of esters is 1. The van der Waals surface area contributed by atoms with Gasteiger partial charge in [0.1, 0.15) is 0 Å². The number of methoxy groups -OCH3 is 1. The van der Waals surface area contributed by atoms with Crippen molar-refractivity contribution in [1.29, 1.82) is 0 Å². The lowest BCUT2D eigenvalue weighted by atomic mass is 9.88. The zero-order valence-electron chi connectivity index (χ0n) is 14.5. The SMILES string of the molecule is COC(=O)[C@H]1CC[C@@H](O)/C=C/C[C@@H]1NC(=O)OCC[Si](C)(C)C. The van der Waals surface area contributed by atoms with Crippen molar-refractivity contribution in [3.63, 3.8) is 0 Å². The zero-order valence-corrected chi connectivity index (χ0v) is 15.5. The Morgan fingerprint density at radius 1 is 1.30 bits per heavy atom. The molecular weight excluding hydrogens is 314 g/mol. The van der Waals surface area contributed by atoms with Gasteiger partial charge in [0.25, 0.3) is 0 Å². The van der Waals surface area contributed by atoms with Gasteiger partial charge in [-0.25, -0.2) is 4.79 Å². The number of hydrogen-bond donors (Lipinski definition) is 2. The fourth-order valence-electron chi connectivity index (χ4n) is 2.43. The first-order valence-corrected chi connectivity index (χ1v) is 11.8. The first kappa shape index (κ1) is 19.7. The lowest BCUT2D eigenvalue weighted by Gasteiger charge is -2.27. The van der Waals surface area contributed by atoms with Crippen LogP contribution in [0.3, 0.4) is 0 Å². The highest BCUT2D eigenvalue weighted by Gasteiger charge is 2.31. The Balaban J connectivity index is 2.62. The Morgan fingerprint density at radius 2 is 2.00 bits per heavy atom. The Morgan fingerprint density at radius 3 is 2.61 bits per heavy atom. The minimum atomic E-state index is -1.25. The monoisotopic (exact) mass is 343 g/mol. The highest BCUT2D eigenvalue weighted by molar-refractivity contribution is 6.76. The van der Waals surface area contributed by atoms with E-state index in [0.29, 0.717) is 25.9 Å². The average molecular weight is 343 g/mol. The van der Waals surface area contributed by atoms with Crippen molar-refractivity contribution in [2.45, 2.75) is 57.1 Å². The molecule has 0 spiro atoms. The first-order chi connectivity index (χ1) is 10.7. The van der Waals surface area contributed by atoms with Gasteiger partial charge in [0.05, 0.1) is 25.7 Å². The second kappa shape index (κ2) is 9.07. The molecule has 0 unspecified atom stereocenters. The Bertz CT molecular complexity index is 433. The number of carbonyl (C=O) groups is 2. The number of carbonyl (C=O) groups excluding carboxylic acids is 2. The molecule has 0 aliphatic heterocycles. The van der Waals surface area contributed by atoms with Crippen molar-refractivity contribution in [3.05, 3.63) is 12.2 Å². The Hall–Kier alpha value is -1.34. The number of hydrogen-bond acceptors (Lipinski definition) is 5. The van der Waals surface area contributed by atoms with Crippen molar-refractivity contribution in [2.24, 2.45) is 5.92 Å². The van der Waals surface area contributed by atoms with Crippen molar-refractivity contribution >= 4 is 20.1 Å². The van der Waals surface area contributed by atoms with Crippen LogP contribution < -0.4 is 5.32 Å². The molecule has 1 aliphatic rings. The largest absolute Gasteiger partial charge is 0.469 e. The molecule has 0 aromatic heterocycles. The maximum Gasteiger partial charge on any atom is 0.407 e. The predicted molar refractivity (Wildman–Crippen MR) is 90.9 cm³/mol. The number of nitrogens with one attached hydrogen (secondary N) is 1. The molecule has 23 heavy (non-hydrogen) atoms. The molecule has 132 valence electrons. The minimum absolute atomic E-state index is 0.375. The number of alkyl carbamates (subject to hydrolysis) is 1. The van der Waals surface area contributed by atoms with Gasteiger partial charge in [-0.1, -0.05) is 31.8 Å². The smallest absolute Gasteiger partial charge is 0.407 e. The van der Waals surface area contributed by atoms with E-state index < -0.39 is 26.2 Å². The van der Waals surface area contributed by atoms with E-state index in [4.69, 9.17) is 9.47 Å². The van der Waals surface area contributed by atoms with Gasteiger partial charge in [0.2, 0.25) is 0 Å². The van der Waals surface area contributed by atoms with Gasteiger partial charge in [-0.05, 0) is 25.3 Å². The molecule has 1 amide bonds. The third-order valence-corrected chi connectivity index (χ3v) is 5.60. The summed E-state index contributed by atoms with van der Waals surface area (Å²) in [5, 5.41) is 12.5. The fraction of sp³-hybridized carbons (Fsp3) is 0.750. The highest BCUT2D eigenvalue weighted by Crippen LogP contribution is 2.21. The molecule has 2 N–H and O–H groups in total. The van der Waals surface area contributed by atoms with Crippen LogP contribution in [-0.4, -0.2) is 51.1 Å². The molecule has 0 radical (unpaired) electrons. The van der Waals surface area contributed by atoms with Crippen LogP contribution >= 0.6 is 0 Å². The molecule has 0 saturated heterocycles. The summed E-state index contributed by atoms with van der Waals surface area (Å²) in [5.41, 5.74) is 0. The van der Waals surface area contributed by atoms with Crippen LogP contribution in [0.25, 0.3) is 0 Å². The van der Waals surface area contributed by atoms with Gasteiger partial charge in [-0.15, -0.1) is 0 Å². The molecule has 7 heteroatoms. The lowest BCUT2D eigenvalue weighted by Crippen LogP contribution is -2.44. The summed E-state index contributed by atoms with van der Waals surface area (Å²) in [6.45, 7) is 7.04. The molecule has 1 aliphatic carbocycles. The van der Waals surface area contributed by atoms with Gasteiger partial charge in [0.15, 0.2) is 0 Å². The summed E-state index contributed by atoms with van der Waals surface area (Å²) >= 11 is 0. The lowest BCUT2D eigenvalue weighted by molar-refractivity contribution is -0.146. The molecule has 0 aromatic rings. The van der Waals surface area contributed by atoms with E-state index in [-0.39, 0.29) is 12.0 Å². The highest BCUT2D eigenvalue weighted by atomic mass is 28.3. The number of aliphatic hydroxyl groups is 1. The van der Waals surface area contributed by atoms with Crippen LogP contribution in [-0.2, 0) is 14.3 Å². The van der Waals surface area contributed by atoms with Gasteiger partial charge in [-0.2, -0.15) is 0 Å². The molecule has 0 fully saturated rings. The van der Waals surface area contributed by atoms with Gasteiger partial charge in [-0.3, -0.25) is 4.79 Å². The maximum atomic E-state index is 12.0. The minimum Gasteiger partial charge on any atom is -0.469 e. The summed E-state index contributed by atoms with van der Waals surface area (Å²) in [5.74, 6) is -0.857. The summed E-state index contributed by atoms with van der Waals surface area (Å²) in [6, 6.07) is 0.517. The fourth-order valence-corrected chi connectivity index (χ4v) is 3.14. The van der Waals surface area contributed by atoms with Gasteiger partial charge in [0, 0.05) is 14.1 Å². The Labute approximate surface area is 139 Å². The maximum absolute atomic E-state index is 12.0. The summed E-state index contributed by atoms with van der Waals surface area (Å²) in [6.07, 6.45) is 3.78. The molecule has 0 heterocycles. The summed E-state index contributed by atoms with van der Waals surface area (Å²) in [7, 11) is 0.0761. The van der Waals surface area contributed by atoms with E-state index in [1.165, 1.54) is 7.11 Å². The number of aliphatic hydroxyl groups excluding tert-OH is 1. The number of amides is 1. The van der Waals surface area contributed by atoms with E-state index in [2.05, 4.69) is 25.0 Å². The van der Waals surface area contributed by atoms with E-state index in [1.807, 2.05) is 0 Å². The van der Waals surface area contributed by atoms with Crippen LogP contribution in [0.2, 0.25) is 25.7 Å². The van der Waals surface area contributed by atoms with E-state index in [0.717, 1.165) is 6.04 Å². The van der Waals surface area contributed by atoms with Crippen molar-refractivity contribution in [1.82, 2.24) is 5.32 Å². The normalized spacial score (nSPS) is 26.6. The first-order valence-electron chi connectivity index (χ1n) is 8.09. The van der Waals surface area contributed by atoms with E-state index in [1.54, 1.807) is 12.2 Å². The third kappa shape index (κ3) is 7.65. The second-order valence-electron chi connectivity index (χ2n) is 7.14. The van der Waals surface area contributed by atoms with Crippen LogP contribution in [0, 0.1) is 5.92 Å². The molecular formula is C16H29NO5Si. The molecule has 0 aromatic carbocycles. The quantitative estimate of drug-likeness (QED) is 0.454. The van der Waals surface area contributed by atoms with Crippen molar-refractivity contribution in [2.75, 3.05) is 13.7 Å². The molecule has 0 saturated carbocycles. The molecule has 1 rings (SSSR count). The van der Waals surface area contributed by atoms with E-state index >= 15 is 0 Å². The molecule has 0 bridgehead atoms. The van der Waals surface area contributed by atoms with E-state index in [9.17, 15) is 14.7 Å². The summed E-state index contributed by atoms with van der Waals surface area (Å²) < 4.78 is 10.1. The summed E-state index contributed by atoms with van der Waals surface area (Å²) in [4.78, 5) is 23.9. The van der Waals surface area contributed by atoms with Crippen molar-refractivity contribution in [3.8, 4) is 0 Å². The second-order valence-corrected chi connectivity index (χ2v) is 12.8. The molecule has 3 atom stereocenters. The molecule has 6 nitrogen and oxygen atoms in total. The van der Waals surface area contributed by atoms with Crippen molar-refractivity contribution < 1.29 is 24.2 Å². The Kier molecular flexibility index (Phi) is 7.77. The van der Waals surface area contributed by atoms with Crippen LogP contribution in [0.1, 0.15) is 19.3 Å². The topological polar surface area (TPSA) is 84.9 Å². The number of ether oxygens (including phenoxy) is 2. The van der Waals surface area contributed by atoms with Crippen LogP contribution in [0.15, 0.2) is 12.2 Å². The van der Waals surface area contributed by atoms with Crippen LogP contribution in [0.5, 0.6) is 0 Å². The zero-order chi connectivity index (χ0) is 17.5. The third-order valence-electron chi connectivity index (χ3n) is 3.90.